The second-order valence-electron chi connectivity index (χ2n) is 17.1. The van der Waals surface area contributed by atoms with E-state index in [9.17, 15) is 4.79 Å². The van der Waals surface area contributed by atoms with Crippen LogP contribution in [0.4, 0.5) is 11.4 Å². The number of nitrogens with zero attached hydrogens (tertiary/aromatic N) is 2. The van der Waals surface area contributed by atoms with Crippen LogP contribution in [0, 0.1) is 0 Å². The molecule has 1 fully saturated rings. The first-order valence-corrected chi connectivity index (χ1v) is 22.1. The summed E-state index contributed by atoms with van der Waals surface area (Å²) < 4.78 is 24.2. The van der Waals surface area contributed by atoms with Gasteiger partial charge in [-0.1, -0.05) is 107 Å². The predicted molar refractivity (Wildman–Crippen MR) is 246 cm³/mol. The zero-order valence-corrected chi connectivity index (χ0v) is 35.9. The van der Waals surface area contributed by atoms with Crippen LogP contribution in [0.2, 0.25) is 0 Å². The standard InChI is InChI=1S/C54H56N2O5/c1-5-6-7-8-9-12-33-59-41-25-21-38(22-26-41)37-17-19-39(20-18-37)53(57)61-42-27-23-40(24-28-42)55-29-31-56(32-30-55)48-35-45-46(36-49(48)58-4)52-44(15-13-34-60-52)51-50(45)43-14-10-11-16-47(43)54(51,2)3/h10-11,13-28,34-36,52H,5-9,12,29-33H2,1-4H3. The number of unbranched alkanes of at least 4 members (excludes halogenated alkanes) is 5. The summed E-state index contributed by atoms with van der Waals surface area (Å²) in [5, 5.41) is 0. The van der Waals surface area contributed by atoms with Crippen LogP contribution < -0.4 is 24.0 Å². The molecule has 1 atom stereocenters. The Labute approximate surface area is 360 Å². The number of ether oxygens (including phenoxy) is 4. The van der Waals surface area contributed by atoms with Crippen molar-refractivity contribution in [3.8, 4) is 28.4 Å². The van der Waals surface area contributed by atoms with Crippen LogP contribution in [0.5, 0.6) is 17.2 Å². The van der Waals surface area contributed by atoms with Crippen LogP contribution in [0.3, 0.4) is 0 Å². The van der Waals surface area contributed by atoms with E-state index < -0.39 is 0 Å². The van der Waals surface area contributed by atoms with Gasteiger partial charge in [-0.05, 0) is 112 Å². The molecule has 7 nitrogen and oxygen atoms in total. The van der Waals surface area contributed by atoms with Crippen molar-refractivity contribution in [1.29, 1.82) is 0 Å². The topological polar surface area (TPSA) is 60.5 Å². The minimum atomic E-state index is -0.378. The molecule has 0 N–H and O–H groups in total. The number of esters is 1. The van der Waals surface area contributed by atoms with Crippen molar-refractivity contribution in [3.63, 3.8) is 0 Å². The Morgan fingerprint density at radius 2 is 1.43 bits per heavy atom. The first-order valence-electron chi connectivity index (χ1n) is 22.1. The minimum Gasteiger partial charge on any atom is -0.495 e. The quantitative estimate of drug-likeness (QED) is 0.0629. The number of hydrogen-bond acceptors (Lipinski definition) is 7. The summed E-state index contributed by atoms with van der Waals surface area (Å²) in [6.07, 6.45) is 13.4. The number of carbonyl (C=O) groups excluding carboxylic acids is 1. The van der Waals surface area contributed by atoms with Gasteiger partial charge in [0, 0.05) is 48.4 Å². The lowest BCUT2D eigenvalue weighted by molar-refractivity contribution is 0.0734. The van der Waals surface area contributed by atoms with Crippen molar-refractivity contribution in [3.05, 3.63) is 167 Å². The van der Waals surface area contributed by atoms with E-state index in [1.165, 1.54) is 65.5 Å². The van der Waals surface area contributed by atoms with Gasteiger partial charge >= 0.3 is 5.97 Å². The predicted octanol–water partition coefficient (Wildman–Crippen LogP) is 12.3. The number of methoxy groups -OCH3 is 1. The maximum Gasteiger partial charge on any atom is 0.343 e. The molecule has 2 heterocycles. The highest BCUT2D eigenvalue weighted by molar-refractivity contribution is 5.97. The fourth-order valence-corrected chi connectivity index (χ4v) is 9.64. The lowest BCUT2D eigenvalue weighted by atomic mass is 9.72. The van der Waals surface area contributed by atoms with Gasteiger partial charge in [0.2, 0.25) is 0 Å². The van der Waals surface area contributed by atoms with Crippen LogP contribution in [-0.4, -0.2) is 45.9 Å². The third-order valence-electron chi connectivity index (χ3n) is 12.9. The molecule has 0 amide bonds. The lowest BCUT2D eigenvalue weighted by Gasteiger charge is -2.39. The highest BCUT2D eigenvalue weighted by Crippen LogP contribution is 2.59. The summed E-state index contributed by atoms with van der Waals surface area (Å²) in [4.78, 5) is 18.0. The van der Waals surface area contributed by atoms with Crippen LogP contribution >= 0.6 is 0 Å². The molecule has 9 rings (SSSR count). The normalized spacial score (nSPS) is 17.1. The second-order valence-corrected chi connectivity index (χ2v) is 17.1. The molecule has 5 aromatic rings. The maximum atomic E-state index is 13.1. The van der Waals surface area contributed by atoms with Crippen molar-refractivity contribution in [2.45, 2.75) is 70.8 Å². The fourth-order valence-electron chi connectivity index (χ4n) is 9.64. The summed E-state index contributed by atoms with van der Waals surface area (Å²) in [6.45, 7) is 11.0. The van der Waals surface area contributed by atoms with Gasteiger partial charge in [-0.3, -0.25) is 0 Å². The third kappa shape index (κ3) is 7.94. The van der Waals surface area contributed by atoms with E-state index in [2.05, 4.69) is 85.2 Å². The fraction of sp³-hybridized carbons (Fsp3) is 0.315. The molecule has 61 heavy (non-hydrogen) atoms. The number of carbonyl (C=O) groups is 1. The first kappa shape index (κ1) is 40.2. The molecule has 7 heteroatoms. The minimum absolute atomic E-state index is 0.149. The molecule has 4 aliphatic rings. The number of rotatable bonds is 14. The Morgan fingerprint density at radius 1 is 0.754 bits per heavy atom. The molecule has 0 spiro atoms. The average molecular weight is 813 g/mol. The van der Waals surface area contributed by atoms with Gasteiger partial charge in [-0.2, -0.15) is 0 Å². The van der Waals surface area contributed by atoms with Crippen LogP contribution in [-0.2, 0) is 10.2 Å². The molecule has 0 bridgehead atoms. The van der Waals surface area contributed by atoms with Crippen molar-refractivity contribution >= 4 is 22.9 Å². The summed E-state index contributed by atoms with van der Waals surface area (Å²) in [6, 6.07) is 37.0. The van der Waals surface area contributed by atoms with Crippen molar-refractivity contribution < 1.29 is 23.7 Å². The summed E-state index contributed by atoms with van der Waals surface area (Å²) >= 11 is 0. The molecule has 1 saturated heterocycles. The third-order valence-corrected chi connectivity index (χ3v) is 12.9. The van der Waals surface area contributed by atoms with E-state index in [1.807, 2.05) is 73.0 Å². The molecule has 2 aliphatic heterocycles. The molecular weight excluding hydrogens is 757 g/mol. The van der Waals surface area contributed by atoms with E-state index in [4.69, 9.17) is 18.9 Å². The zero-order chi connectivity index (χ0) is 41.9. The summed E-state index contributed by atoms with van der Waals surface area (Å²) in [5.74, 6) is 1.89. The molecule has 0 saturated carbocycles. The SMILES string of the molecule is CCCCCCCCOc1ccc(-c2ccc(C(=O)Oc3ccc(N4CCN(c5cc6c(cc5OC)C5OC=CC=C5C5=C6c6ccccc6C5(C)C)CC4)cc3)cc2)cc1. The van der Waals surface area contributed by atoms with Gasteiger partial charge in [0.25, 0.3) is 0 Å². The summed E-state index contributed by atoms with van der Waals surface area (Å²) in [7, 11) is 1.76. The Hall–Kier alpha value is -6.21. The Balaban J connectivity index is 0.822. The highest BCUT2D eigenvalue weighted by atomic mass is 16.5. The van der Waals surface area contributed by atoms with Gasteiger partial charge in [0.05, 0.1) is 31.2 Å². The zero-order valence-electron chi connectivity index (χ0n) is 35.9. The van der Waals surface area contributed by atoms with Crippen molar-refractivity contribution in [1.82, 2.24) is 0 Å². The van der Waals surface area contributed by atoms with Gasteiger partial charge in [-0.15, -0.1) is 0 Å². The van der Waals surface area contributed by atoms with Crippen LogP contribution in [0.1, 0.15) is 98.0 Å². The number of piperazine rings is 1. The van der Waals surface area contributed by atoms with E-state index in [-0.39, 0.29) is 17.5 Å². The van der Waals surface area contributed by atoms with Gasteiger partial charge in [-0.25, -0.2) is 4.79 Å². The molecular formula is C54H56N2O5. The molecule has 0 radical (unpaired) electrons. The van der Waals surface area contributed by atoms with E-state index in [0.717, 1.165) is 78.8 Å². The van der Waals surface area contributed by atoms with Crippen molar-refractivity contribution in [2.24, 2.45) is 0 Å². The Morgan fingerprint density at radius 3 is 2.16 bits per heavy atom. The van der Waals surface area contributed by atoms with E-state index in [1.54, 1.807) is 7.11 Å². The highest BCUT2D eigenvalue weighted by Gasteiger charge is 2.46. The molecule has 0 aromatic heterocycles. The molecule has 1 unspecified atom stereocenters. The second kappa shape index (κ2) is 17.4. The molecule has 312 valence electrons. The van der Waals surface area contributed by atoms with Crippen LogP contribution in [0.15, 0.2) is 139 Å². The number of anilines is 2. The van der Waals surface area contributed by atoms with Gasteiger partial charge in [0.15, 0.2) is 0 Å². The number of benzene rings is 5. The van der Waals surface area contributed by atoms with Gasteiger partial charge < -0.3 is 28.7 Å². The number of hydrogen-bond donors (Lipinski definition) is 0. The summed E-state index contributed by atoms with van der Waals surface area (Å²) in [5.41, 5.74) is 13.6. The van der Waals surface area contributed by atoms with Crippen LogP contribution in [0.25, 0.3) is 16.7 Å². The largest absolute Gasteiger partial charge is 0.495 e. The molecule has 5 aromatic carbocycles. The monoisotopic (exact) mass is 812 g/mol. The van der Waals surface area contributed by atoms with E-state index >= 15 is 0 Å². The Bertz CT molecular complexity index is 2470. The lowest BCUT2D eigenvalue weighted by Crippen LogP contribution is -2.46. The number of fused-ring (bicyclic) bond motifs is 7. The Kier molecular flexibility index (Phi) is 11.5. The smallest absolute Gasteiger partial charge is 0.343 e. The molecule has 2 aliphatic carbocycles. The van der Waals surface area contributed by atoms with Crippen molar-refractivity contribution in [2.75, 3.05) is 49.7 Å². The van der Waals surface area contributed by atoms with Gasteiger partial charge in [0.1, 0.15) is 23.4 Å². The number of allylic oxidation sites excluding steroid dienone is 2. The van der Waals surface area contributed by atoms with E-state index in [0.29, 0.717) is 11.3 Å². The first-order chi connectivity index (χ1) is 29.8. The maximum absolute atomic E-state index is 13.1. The average Bonchev–Trinajstić information content (AvgIpc) is 3.55.